The summed E-state index contributed by atoms with van der Waals surface area (Å²) in [6.45, 7) is 0. The van der Waals surface area contributed by atoms with Crippen molar-refractivity contribution in [2.45, 2.75) is 0 Å². The van der Waals surface area contributed by atoms with E-state index < -0.39 is 9.05 Å². The van der Waals surface area contributed by atoms with E-state index in [1.165, 1.54) is 0 Å². The number of hydrogen-bond acceptors (Lipinski definition) is 4. The molecule has 0 atom stereocenters. The van der Waals surface area contributed by atoms with E-state index in [0.717, 1.165) is 0 Å². The molecule has 0 amide bonds. The van der Waals surface area contributed by atoms with Gasteiger partial charge in [0, 0.05) is 0 Å². The second-order valence-corrected chi connectivity index (χ2v) is 1.50. The van der Waals surface area contributed by atoms with Gasteiger partial charge >= 0.3 is 34.4 Å². The predicted octanol–water partition coefficient (Wildman–Crippen LogP) is -5.52. The van der Waals surface area contributed by atoms with Gasteiger partial charge in [-0.3, -0.25) is 0 Å². The third-order valence-corrected chi connectivity index (χ3v) is 0. The van der Waals surface area contributed by atoms with E-state index in [-0.39, 0.29) is 34.4 Å². The van der Waals surface area contributed by atoms with Gasteiger partial charge in [0.15, 0.2) is 0 Å². The van der Waals surface area contributed by atoms with Crippen LogP contribution in [0.4, 0.5) is 0 Å². The molecule has 1 radical (unpaired) electrons. The minimum atomic E-state index is -5.61. The molecule has 0 aliphatic carbocycles. The average Bonchev–Trinajstić information content (AvgIpc) is 0.722. The van der Waals surface area contributed by atoms with Gasteiger partial charge < -0.3 is 28.2 Å². The molecule has 0 saturated carbocycles. The Morgan fingerprint density at radius 3 is 0.857 bits per heavy atom. The smallest absolute Gasteiger partial charge is 0.894 e. The molecular weight excluding hydrogens is 174 g/mol. The summed E-state index contributed by atoms with van der Waals surface area (Å²) in [6, 6.07) is 0. The molecule has 0 bridgehead atoms. The quantitative estimate of drug-likeness (QED) is 0.342. The van der Waals surface area contributed by atoms with Crippen LogP contribution in [-0.4, -0.2) is 26.4 Å². The molecule has 0 aromatic rings. The molecule has 0 aromatic carbocycles. The molecule has 4 nitrogen and oxygen atoms in total. The van der Waals surface area contributed by atoms with Crippen LogP contribution in [-0.2, 0) is 17.1 Å². The topological polar surface area (TPSA) is 92.2 Å². The SMILES string of the molecule is [Al+3].[Mn+2].[O-][Si]([O-])([O-])[O-]. The summed E-state index contributed by atoms with van der Waals surface area (Å²) in [5.41, 5.74) is 0. The maximum atomic E-state index is 8.58. The summed E-state index contributed by atoms with van der Waals surface area (Å²) in [5, 5.41) is 0. The van der Waals surface area contributed by atoms with Gasteiger partial charge in [0.25, 0.3) is 0 Å². The Kier molecular flexibility index (Phi) is 11.8. The fourth-order valence-corrected chi connectivity index (χ4v) is 0. The number of rotatable bonds is 0. The van der Waals surface area contributed by atoms with Crippen LogP contribution in [0.3, 0.4) is 0 Å². The first-order valence-corrected chi connectivity index (χ1v) is 2.45. The van der Waals surface area contributed by atoms with Gasteiger partial charge in [0.05, 0.1) is 0 Å². The summed E-state index contributed by atoms with van der Waals surface area (Å²) >= 11 is 0. The van der Waals surface area contributed by atoms with E-state index in [9.17, 15) is 0 Å². The van der Waals surface area contributed by atoms with Crippen molar-refractivity contribution in [1.82, 2.24) is 0 Å². The Morgan fingerprint density at radius 2 is 0.857 bits per heavy atom. The molecule has 0 aliphatic rings. The van der Waals surface area contributed by atoms with E-state index in [0.29, 0.717) is 0 Å². The molecule has 7 heavy (non-hydrogen) atoms. The van der Waals surface area contributed by atoms with Gasteiger partial charge in [-0.15, -0.1) is 0 Å². The van der Waals surface area contributed by atoms with Crippen molar-refractivity contribution in [3.8, 4) is 0 Å². The van der Waals surface area contributed by atoms with Crippen molar-refractivity contribution in [3.63, 3.8) is 0 Å². The molecule has 0 N–H and O–H groups in total. The molecule has 0 unspecified atom stereocenters. The van der Waals surface area contributed by atoms with Crippen molar-refractivity contribution >= 4 is 26.4 Å². The van der Waals surface area contributed by atoms with Crippen LogP contribution in [0, 0.1) is 0 Å². The van der Waals surface area contributed by atoms with Crippen molar-refractivity contribution in [1.29, 1.82) is 0 Å². The van der Waals surface area contributed by atoms with E-state index in [4.69, 9.17) is 19.2 Å². The van der Waals surface area contributed by atoms with Crippen LogP contribution in [0.2, 0.25) is 0 Å². The van der Waals surface area contributed by atoms with Gasteiger partial charge in [0.2, 0.25) is 0 Å². The Balaban J connectivity index is -0.0000000800. The van der Waals surface area contributed by atoms with Crippen molar-refractivity contribution in [3.05, 3.63) is 0 Å². The van der Waals surface area contributed by atoms with Crippen molar-refractivity contribution < 1.29 is 36.3 Å². The fraction of sp³-hybridized carbons (Fsp3) is 0. The molecule has 7 heteroatoms. The first kappa shape index (κ1) is 15.7. The van der Waals surface area contributed by atoms with E-state index in [1.54, 1.807) is 0 Å². The molecule has 37 valence electrons. The van der Waals surface area contributed by atoms with Crippen LogP contribution < -0.4 is 19.2 Å². The third kappa shape index (κ3) is 151. The van der Waals surface area contributed by atoms with E-state index in [1.807, 2.05) is 0 Å². The fourth-order valence-electron chi connectivity index (χ4n) is 0. The predicted molar refractivity (Wildman–Crippen MR) is 11.5 cm³/mol. The molecule has 0 aliphatic heterocycles. The Morgan fingerprint density at radius 1 is 0.857 bits per heavy atom. The first-order chi connectivity index (χ1) is 2.00. The van der Waals surface area contributed by atoms with E-state index in [2.05, 4.69) is 0 Å². The molecular formula is AlMnO4Si+. The zero-order valence-corrected chi connectivity index (χ0v) is 6.42. The molecule has 0 heterocycles. The van der Waals surface area contributed by atoms with Crippen LogP contribution in [0.25, 0.3) is 0 Å². The van der Waals surface area contributed by atoms with Crippen molar-refractivity contribution in [2.75, 3.05) is 0 Å². The summed E-state index contributed by atoms with van der Waals surface area (Å²) in [4.78, 5) is 34.3. The maximum Gasteiger partial charge on any atom is 3.00 e. The molecule has 0 aromatic heterocycles. The summed E-state index contributed by atoms with van der Waals surface area (Å²) < 4.78 is 0. The zero-order chi connectivity index (χ0) is 4.50. The molecule has 0 rings (SSSR count). The molecule has 0 fully saturated rings. The summed E-state index contributed by atoms with van der Waals surface area (Å²) in [5.74, 6) is 0. The summed E-state index contributed by atoms with van der Waals surface area (Å²) in [7, 11) is -5.61. The van der Waals surface area contributed by atoms with Crippen LogP contribution >= 0.6 is 0 Å². The third-order valence-electron chi connectivity index (χ3n) is 0. The monoisotopic (exact) mass is 174 g/mol. The molecule has 0 spiro atoms. The average molecular weight is 174 g/mol. The second-order valence-electron chi connectivity index (χ2n) is 0.500. The molecule has 0 saturated heterocycles. The second kappa shape index (κ2) is 5.25. The Labute approximate surface area is 62.9 Å². The first-order valence-electron chi connectivity index (χ1n) is 0.816. The maximum absolute atomic E-state index is 8.58. The Bertz CT molecular complexity index is 27.2. The van der Waals surface area contributed by atoms with Gasteiger partial charge in [0.1, 0.15) is 0 Å². The minimum Gasteiger partial charge on any atom is -0.894 e. The van der Waals surface area contributed by atoms with E-state index >= 15 is 0 Å². The van der Waals surface area contributed by atoms with Crippen LogP contribution in [0.5, 0.6) is 0 Å². The minimum absolute atomic E-state index is 0. The zero-order valence-electron chi connectivity index (χ0n) is 3.09. The normalized spacial score (nSPS) is 8.57. The van der Waals surface area contributed by atoms with Gasteiger partial charge in [-0.2, -0.15) is 0 Å². The van der Waals surface area contributed by atoms with Crippen molar-refractivity contribution in [2.24, 2.45) is 0 Å². The number of hydrogen-bond donors (Lipinski definition) is 0. The Hall–Kier alpha value is 1.11. The standard InChI is InChI=1S/Al.Mn.O4Si/c;;1-5(2,3)4/q+3;+2;-4. The van der Waals surface area contributed by atoms with Crippen LogP contribution in [0.1, 0.15) is 0 Å². The largest absolute Gasteiger partial charge is 3.00 e. The van der Waals surface area contributed by atoms with Gasteiger partial charge in [-0.05, 0) is 0 Å². The van der Waals surface area contributed by atoms with Crippen LogP contribution in [0.15, 0.2) is 0 Å². The van der Waals surface area contributed by atoms with Gasteiger partial charge in [-0.25, -0.2) is 0 Å². The summed E-state index contributed by atoms with van der Waals surface area (Å²) in [6.07, 6.45) is 0. The van der Waals surface area contributed by atoms with Gasteiger partial charge in [-0.1, -0.05) is 0 Å².